The van der Waals surface area contributed by atoms with E-state index in [0.29, 0.717) is 31.1 Å². The second-order valence-corrected chi connectivity index (χ2v) is 7.85. The summed E-state index contributed by atoms with van der Waals surface area (Å²) in [6.07, 6.45) is 17.3. The van der Waals surface area contributed by atoms with E-state index in [4.69, 9.17) is 26.8 Å². The molecule has 0 aliphatic rings. The fourth-order valence-electron chi connectivity index (χ4n) is 2.97. The standard InChI is InChI=1S/C26H43N5O2/c1-3-4-5-10-13-25(28)22-31(29)19-21-32-20-12-9-7-6-8-11-18-30-23(2)33-26-16-14-24(27)15-17-26/h3-5,10,14-17,22,30H,2,6-9,11-13,18-21,27-29H2,1H3/b4-3-,10-5-,25-22-. The summed E-state index contributed by atoms with van der Waals surface area (Å²) < 4.78 is 11.3. The average molecular weight is 458 g/mol. The van der Waals surface area contributed by atoms with E-state index in [0.717, 1.165) is 37.4 Å². The van der Waals surface area contributed by atoms with E-state index in [9.17, 15) is 0 Å². The summed E-state index contributed by atoms with van der Waals surface area (Å²) in [7, 11) is 0. The van der Waals surface area contributed by atoms with Crippen LogP contribution in [0.5, 0.6) is 5.75 Å². The molecule has 1 rings (SSSR count). The average Bonchev–Trinajstić information content (AvgIpc) is 2.79. The number of allylic oxidation sites excluding steroid dienone is 4. The van der Waals surface area contributed by atoms with Crippen LogP contribution in [-0.2, 0) is 4.74 Å². The molecule has 184 valence electrons. The van der Waals surface area contributed by atoms with Crippen molar-refractivity contribution in [2.45, 2.75) is 51.9 Å². The summed E-state index contributed by atoms with van der Waals surface area (Å²) in [5.41, 5.74) is 13.0. The van der Waals surface area contributed by atoms with Crippen LogP contribution in [-0.4, -0.2) is 31.3 Å². The minimum atomic E-state index is 0.562. The highest BCUT2D eigenvalue weighted by Crippen LogP contribution is 2.14. The summed E-state index contributed by atoms with van der Waals surface area (Å²) in [6.45, 7) is 8.72. The lowest BCUT2D eigenvalue weighted by Crippen LogP contribution is -2.30. The predicted octanol–water partition coefficient (Wildman–Crippen LogP) is 4.56. The van der Waals surface area contributed by atoms with Crippen molar-refractivity contribution in [3.63, 3.8) is 0 Å². The lowest BCUT2D eigenvalue weighted by atomic mass is 10.1. The minimum absolute atomic E-state index is 0.562. The van der Waals surface area contributed by atoms with Gasteiger partial charge < -0.3 is 31.3 Å². The zero-order valence-electron chi connectivity index (χ0n) is 20.2. The van der Waals surface area contributed by atoms with Gasteiger partial charge in [0.05, 0.1) is 13.2 Å². The van der Waals surface area contributed by atoms with E-state index >= 15 is 0 Å². The summed E-state index contributed by atoms with van der Waals surface area (Å²) in [5.74, 6) is 7.22. The van der Waals surface area contributed by atoms with Crippen LogP contribution in [0.3, 0.4) is 0 Å². The number of hydrogen-bond donors (Lipinski definition) is 4. The second kappa shape index (κ2) is 18.7. The van der Waals surface area contributed by atoms with E-state index in [1.54, 1.807) is 11.2 Å². The Kier molecular flexibility index (Phi) is 15.9. The molecule has 0 fully saturated rings. The van der Waals surface area contributed by atoms with Gasteiger partial charge in [0.1, 0.15) is 5.75 Å². The molecule has 1 aromatic carbocycles. The quantitative estimate of drug-likeness (QED) is 0.0601. The number of hydrazine groups is 1. The van der Waals surface area contributed by atoms with Crippen molar-refractivity contribution in [1.82, 2.24) is 10.3 Å². The molecule has 7 heteroatoms. The molecular weight excluding hydrogens is 414 g/mol. The van der Waals surface area contributed by atoms with Gasteiger partial charge in [0, 0.05) is 37.2 Å². The van der Waals surface area contributed by atoms with Crippen molar-refractivity contribution in [3.8, 4) is 5.75 Å². The number of nitrogen functional groups attached to an aromatic ring is 1. The van der Waals surface area contributed by atoms with E-state index in [-0.39, 0.29) is 0 Å². The lowest BCUT2D eigenvalue weighted by Gasteiger charge is -2.14. The number of ether oxygens (including phenoxy) is 2. The number of nitrogens with zero attached hydrogens (tertiary/aromatic N) is 1. The molecule has 0 radical (unpaired) electrons. The number of nitrogens with two attached hydrogens (primary N) is 3. The Morgan fingerprint density at radius 2 is 1.73 bits per heavy atom. The number of hydrogen-bond acceptors (Lipinski definition) is 7. The van der Waals surface area contributed by atoms with Crippen molar-refractivity contribution in [2.24, 2.45) is 11.6 Å². The third-order valence-corrected chi connectivity index (χ3v) is 4.78. The molecule has 0 aliphatic carbocycles. The van der Waals surface area contributed by atoms with Gasteiger partial charge >= 0.3 is 0 Å². The second-order valence-electron chi connectivity index (χ2n) is 7.85. The SMILES string of the molecule is C=C(NCCCCCCCCOCCN(N)/C=C(\N)C/C=C\C=C/C)Oc1ccc(N)cc1. The normalized spacial score (nSPS) is 11.9. The monoisotopic (exact) mass is 457 g/mol. The Morgan fingerprint density at radius 3 is 2.45 bits per heavy atom. The summed E-state index contributed by atoms with van der Waals surface area (Å²) in [4.78, 5) is 0. The van der Waals surface area contributed by atoms with Gasteiger partial charge in [0.15, 0.2) is 5.88 Å². The Morgan fingerprint density at radius 1 is 1.03 bits per heavy atom. The Hall–Kier alpha value is -2.90. The Bertz CT molecular complexity index is 729. The predicted molar refractivity (Wildman–Crippen MR) is 139 cm³/mol. The number of benzene rings is 1. The van der Waals surface area contributed by atoms with Crippen LogP contribution in [0, 0.1) is 0 Å². The molecule has 7 N–H and O–H groups in total. The molecule has 33 heavy (non-hydrogen) atoms. The maximum Gasteiger partial charge on any atom is 0.186 e. The zero-order chi connectivity index (χ0) is 24.2. The fraction of sp³-hybridized carbons (Fsp3) is 0.462. The molecule has 0 saturated carbocycles. The molecular formula is C26H43N5O2. The Balaban J connectivity index is 1.90. The molecule has 1 aromatic rings. The smallest absolute Gasteiger partial charge is 0.186 e. The van der Waals surface area contributed by atoms with Crippen molar-refractivity contribution < 1.29 is 9.47 Å². The topological polar surface area (TPSA) is 112 Å². The summed E-state index contributed by atoms with van der Waals surface area (Å²) in [5, 5.41) is 4.79. The van der Waals surface area contributed by atoms with Gasteiger partial charge in [-0.05, 0) is 50.6 Å². The maximum absolute atomic E-state index is 5.94. The fourth-order valence-corrected chi connectivity index (χ4v) is 2.97. The molecule has 0 spiro atoms. The van der Waals surface area contributed by atoms with Crippen LogP contribution in [0.1, 0.15) is 51.9 Å². The number of rotatable bonds is 19. The van der Waals surface area contributed by atoms with E-state index in [2.05, 4.69) is 11.9 Å². The minimum Gasteiger partial charge on any atom is -0.442 e. The van der Waals surface area contributed by atoms with Crippen LogP contribution < -0.4 is 27.4 Å². The van der Waals surface area contributed by atoms with E-state index < -0.39 is 0 Å². The largest absolute Gasteiger partial charge is 0.442 e. The van der Waals surface area contributed by atoms with Crippen LogP contribution in [0.25, 0.3) is 0 Å². The van der Waals surface area contributed by atoms with Crippen LogP contribution in [0.2, 0.25) is 0 Å². The third-order valence-electron chi connectivity index (χ3n) is 4.78. The molecule has 0 aliphatic heterocycles. The van der Waals surface area contributed by atoms with Crippen molar-refractivity contribution in [2.75, 3.05) is 32.0 Å². The van der Waals surface area contributed by atoms with Gasteiger partial charge in [0.2, 0.25) is 0 Å². The highest BCUT2D eigenvalue weighted by atomic mass is 16.5. The van der Waals surface area contributed by atoms with Crippen LogP contribution >= 0.6 is 0 Å². The summed E-state index contributed by atoms with van der Waals surface area (Å²) in [6, 6.07) is 7.28. The van der Waals surface area contributed by atoms with Gasteiger partial charge in [0.25, 0.3) is 0 Å². The van der Waals surface area contributed by atoms with Gasteiger partial charge in [-0.3, -0.25) is 0 Å². The summed E-state index contributed by atoms with van der Waals surface area (Å²) >= 11 is 0. The first-order valence-corrected chi connectivity index (χ1v) is 11.8. The van der Waals surface area contributed by atoms with Crippen LogP contribution in [0.4, 0.5) is 5.69 Å². The lowest BCUT2D eigenvalue weighted by molar-refractivity contribution is 0.113. The first-order chi connectivity index (χ1) is 16.0. The van der Waals surface area contributed by atoms with Crippen molar-refractivity contribution >= 4 is 5.69 Å². The molecule has 0 amide bonds. The van der Waals surface area contributed by atoms with Crippen molar-refractivity contribution in [3.05, 3.63) is 72.9 Å². The van der Waals surface area contributed by atoms with Gasteiger partial charge in [-0.25, -0.2) is 5.84 Å². The van der Waals surface area contributed by atoms with E-state index in [1.807, 2.05) is 55.5 Å². The van der Waals surface area contributed by atoms with Crippen molar-refractivity contribution in [1.29, 1.82) is 0 Å². The van der Waals surface area contributed by atoms with Crippen LogP contribution in [0.15, 0.2) is 72.9 Å². The number of anilines is 1. The number of unbranched alkanes of at least 4 members (excludes halogenated alkanes) is 5. The number of nitrogens with one attached hydrogen (secondary N) is 1. The zero-order valence-corrected chi connectivity index (χ0v) is 20.2. The first-order valence-electron chi connectivity index (χ1n) is 11.8. The Labute approximate surface area is 199 Å². The molecule has 0 unspecified atom stereocenters. The maximum atomic E-state index is 5.94. The molecule has 0 saturated heterocycles. The van der Waals surface area contributed by atoms with Gasteiger partial charge in [-0.15, -0.1) is 0 Å². The molecule has 7 nitrogen and oxygen atoms in total. The van der Waals surface area contributed by atoms with Gasteiger partial charge in [-0.2, -0.15) is 0 Å². The molecule has 0 bridgehead atoms. The highest BCUT2D eigenvalue weighted by Gasteiger charge is 1.99. The highest BCUT2D eigenvalue weighted by molar-refractivity contribution is 5.41. The first kappa shape index (κ1) is 28.1. The molecule has 0 heterocycles. The van der Waals surface area contributed by atoms with E-state index in [1.165, 1.54) is 25.7 Å². The third kappa shape index (κ3) is 16.4. The molecule has 0 aromatic heterocycles. The molecule has 0 atom stereocenters. The van der Waals surface area contributed by atoms with Gasteiger partial charge in [-0.1, -0.05) is 50.0 Å².